The number of nitrogens with one attached hydrogen (secondary N) is 1. The van der Waals surface area contributed by atoms with E-state index >= 15 is 0 Å². The summed E-state index contributed by atoms with van der Waals surface area (Å²) in [6.07, 6.45) is -0.701. The molecule has 7 nitrogen and oxygen atoms in total. The zero-order chi connectivity index (χ0) is 15.9. The van der Waals surface area contributed by atoms with Crippen LogP contribution in [0.2, 0.25) is 0 Å². The Morgan fingerprint density at radius 3 is 2.19 bits per heavy atom. The molecule has 1 amide bonds. The molecule has 1 rings (SSSR count). The number of benzene rings is 1. The molecule has 0 aliphatic rings. The van der Waals surface area contributed by atoms with Gasteiger partial charge < -0.3 is 23.8 Å². The van der Waals surface area contributed by atoms with E-state index in [0.717, 1.165) is 0 Å². The smallest absolute Gasteiger partial charge is 0.408 e. The van der Waals surface area contributed by atoms with Crippen molar-refractivity contribution in [3.8, 4) is 5.75 Å². The molecule has 0 spiro atoms. The van der Waals surface area contributed by atoms with Crippen LogP contribution in [-0.4, -0.2) is 34.0 Å². The van der Waals surface area contributed by atoms with Crippen LogP contribution in [0, 0.1) is 0 Å². The van der Waals surface area contributed by atoms with Gasteiger partial charge in [-0.1, -0.05) is 12.1 Å². The quantitative estimate of drug-likeness (QED) is 0.779. The lowest BCUT2D eigenvalue weighted by Gasteiger charge is -2.25. The van der Waals surface area contributed by atoms with Crippen molar-refractivity contribution in [1.29, 1.82) is 0 Å². The van der Waals surface area contributed by atoms with Gasteiger partial charge >= 0.3 is 13.7 Å². The van der Waals surface area contributed by atoms with Gasteiger partial charge in [-0.2, -0.15) is 0 Å². The van der Waals surface area contributed by atoms with Gasteiger partial charge in [-0.05, 0) is 24.6 Å². The average molecular weight is 317 g/mol. The van der Waals surface area contributed by atoms with Crippen molar-refractivity contribution in [2.24, 2.45) is 0 Å². The number of hydrogen-bond acceptors (Lipinski definition) is 6. The maximum Gasteiger partial charge on any atom is 0.408 e. The van der Waals surface area contributed by atoms with Crippen LogP contribution in [-0.2, 0) is 18.3 Å². The minimum absolute atomic E-state index is 0.200. The number of alkyl carbamates (subject to hydrolysis) is 1. The van der Waals surface area contributed by atoms with Crippen LogP contribution in [0.1, 0.15) is 18.3 Å². The molecule has 0 saturated heterocycles. The van der Waals surface area contributed by atoms with E-state index in [-0.39, 0.29) is 6.61 Å². The van der Waals surface area contributed by atoms with E-state index in [1.807, 2.05) is 0 Å². The molecule has 0 saturated carbocycles. The fourth-order valence-corrected chi connectivity index (χ4v) is 3.07. The third-order valence-electron chi connectivity index (χ3n) is 2.79. The fraction of sp³-hybridized carbons (Fsp3) is 0.462. The van der Waals surface area contributed by atoms with Crippen LogP contribution in [0.5, 0.6) is 5.75 Å². The summed E-state index contributed by atoms with van der Waals surface area (Å²) in [6, 6.07) is 6.70. The molecule has 0 fully saturated rings. The second kappa shape index (κ2) is 8.02. The lowest BCUT2D eigenvalue weighted by Crippen LogP contribution is -2.29. The standard InChI is InChI=1S/C13H20NO6P/c1-5-20-13(15)14-12(21(16,18-3)19-4)10-6-8-11(17-2)9-7-10/h6-9,12H,5H2,1-4H3,(H,14,15). The number of methoxy groups -OCH3 is 1. The van der Waals surface area contributed by atoms with Gasteiger partial charge in [0.1, 0.15) is 5.75 Å². The Morgan fingerprint density at radius 1 is 1.19 bits per heavy atom. The van der Waals surface area contributed by atoms with Crippen LogP contribution in [0.25, 0.3) is 0 Å². The van der Waals surface area contributed by atoms with Crippen LogP contribution in [0.15, 0.2) is 24.3 Å². The van der Waals surface area contributed by atoms with E-state index in [1.54, 1.807) is 38.3 Å². The van der Waals surface area contributed by atoms with Crippen molar-refractivity contribution >= 4 is 13.7 Å². The minimum Gasteiger partial charge on any atom is -0.497 e. The van der Waals surface area contributed by atoms with Crippen molar-refractivity contribution < 1.29 is 27.9 Å². The number of carbonyl (C=O) groups excluding carboxylic acids is 1. The first kappa shape index (κ1) is 17.5. The third kappa shape index (κ3) is 4.46. The fourth-order valence-electron chi connectivity index (χ4n) is 1.70. The van der Waals surface area contributed by atoms with E-state index < -0.39 is 19.5 Å². The molecule has 8 heteroatoms. The average Bonchev–Trinajstić information content (AvgIpc) is 2.52. The van der Waals surface area contributed by atoms with Crippen molar-refractivity contribution in [1.82, 2.24) is 5.32 Å². The molecule has 0 radical (unpaired) electrons. The Morgan fingerprint density at radius 2 is 1.76 bits per heavy atom. The summed E-state index contributed by atoms with van der Waals surface area (Å²) >= 11 is 0. The first-order valence-corrected chi connectivity index (χ1v) is 7.90. The van der Waals surface area contributed by atoms with Crippen molar-refractivity contribution in [3.05, 3.63) is 29.8 Å². The maximum absolute atomic E-state index is 12.6. The highest BCUT2D eigenvalue weighted by atomic mass is 31.2. The molecule has 1 N–H and O–H groups in total. The predicted molar refractivity (Wildman–Crippen MR) is 77.5 cm³/mol. The highest BCUT2D eigenvalue weighted by molar-refractivity contribution is 7.54. The summed E-state index contributed by atoms with van der Waals surface area (Å²) in [7, 11) is 0.488. The number of carbonyl (C=O) groups is 1. The van der Waals surface area contributed by atoms with Gasteiger partial charge in [0, 0.05) is 14.2 Å². The SMILES string of the molecule is CCOC(=O)NC(c1ccc(OC)cc1)P(=O)(OC)OC. The normalized spacial score (nSPS) is 12.6. The van der Waals surface area contributed by atoms with Gasteiger partial charge in [-0.15, -0.1) is 0 Å². The van der Waals surface area contributed by atoms with E-state index in [4.69, 9.17) is 18.5 Å². The second-order valence-electron chi connectivity index (χ2n) is 3.95. The van der Waals surface area contributed by atoms with Gasteiger partial charge in [-0.3, -0.25) is 4.57 Å². The van der Waals surface area contributed by atoms with Gasteiger partial charge in [0.15, 0.2) is 5.78 Å². The van der Waals surface area contributed by atoms with Gasteiger partial charge in [0.2, 0.25) is 0 Å². The Labute approximate surface area is 124 Å². The molecule has 1 unspecified atom stereocenters. The number of ether oxygens (including phenoxy) is 2. The Hall–Kier alpha value is -1.56. The zero-order valence-corrected chi connectivity index (χ0v) is 13.4. The Kier molecular flexibility index (Phi) is 6.68. The molecule has 1 aromatic rings. The van der Waals surface area contributed by atoms with Gasteiger partial charge in [0.25, 0.3) is 0 Å². The molecule has 0 aliphatic heterocycles. The second-order valence-corrected chi connectivity index (χ2v) is 6.27. The van der Waals surface area contributed by atoms with E-state index in [0.29, 0.717) is 11.3 Å². The lowest BCUT2D eigenvalue weighted by atomic mass is 10.2. The largest absolute Gasteiger partial charge is 0.497 e. The number of amides is 1. The van der Waals surface area contributed by atoms with E-state index in [2.05, 4.69) is 5.32 Å². The van der Waals surface area contributed by atoms with Crippen molar-refractivity contribution in [3.63, 3.8) is 0 Å². The van der Waals surface area contributed by atoms with Crippen LogP contribution < -0.4 is 10.1 Å². The molecule has 0 aliphatic carbocycles. The van der Waals surface area contributed by atoms with Crippen molar-refractivity contribution in [2.45, 2.75) is 12.7 Å². The lowest BCUT2D eigenvalue weighted by molar-refractivity contribution is 0.148. The first-order valence-electron chi connectivity index (χ1n) is 6.29. The minimum atomic E-state index is -3.57. The summed E-state index contributed by atoms with van der Waals surface area (Å²) in [5, 5.41) is 2.50. The molecule has 0 aromatic heterocycles. The maximum atomic E-state index is 12.6. The highest BCUT2D eigenvalue weighted by Crippen LogP contribution is 2.58. The molecular formula is C13H20NO6P. The van der Waals surface area contributed by atoms with Crippen molar-refractivity contribution in [2.75, 3.05) is 27.9 Å². The van der Waals surface area contributed by atoms with Gasteiger partial charge in [0.05, 0.1) is 13.7 Å². The molecule has 1 atom stereocenters. The summed E-state index contributed by atoms with van der Waals surface area (Å²) < 4.78 is 32.4. The summed E-state index contributed by atoms with van der Waals surface area (Å²) in [5.74, 6) is -0.337. The third-order valence-corrected chi connectivity index (χ3v) is 4.86. The monoisotopic (exact) mass is 317 g/mol. The van der Waals surface area contributed by atoms with E-state index in [9.17, 15) is 9.36 Å². The highest BCUT2D eigenvalue weighted by Gasteiger charge is 2.37. The van der Waals surface area contributed by atoms with E-state index in [1.165, 1.54) is 14.2 Å². The topological polar surface area (TPSA) is 83.1 Å². The predicted octanol–water partition coefficient (Wildman–Crippen LogP) is 2.93. The summed E-state index contributed by atoms with van der Waals surface area (Å²) in [6.45, 7) is 1.87. The number of rotatable bonds is 7. The molecular weight excluding hydrogens is 297 g/mol. The number of hydrogen-bond donors (Lipinski definition) is 1. The Bertz CT molecular complexity index is 496. The molecule has 0 heterocycles. The zero-order valence-electron chi connectivity index (χ0n) is 12.5. The first-order chi connectivity index (χ1) is 10.0. The van der Waals surface area contributed by atoms with Gasteiger partial charge in [-0.25, -0.2) is 4.79 Å². The van der Waals surface area contributed by atoms with Crippen LogP contribution >= 0.6 is 7.60 Å². The van der Waals surface area contributed by atoms with Crippen LogP contribution in [0.4, 0.5) is 4.79 Å². The Balaban J connectivity index is 3.10. The molecule has 1 aromatic carbocycles. The molecule has 21 heavy (non-hydrogen) atoms. The van der Waals surface area contributed by atoms with Crippen LogP contribution in [0.3, 0.4) is 0 Å². The molecule has 118 valence electrons. The molecule has 0 bridgehead atoms. The summed E-state index contributed by atoms with van der Waals surface area (Å²) in [4.78, 5) is 11.6. The summed E-state index contributed by atoms with van der Waals surface area (Å²) in [5.41, 5.74) is 0.552.